The molecule has 1 aliphatic rings. The molecule has 5 nitrogen and oxygen atoms in total. The monoisotopic (exact) mass is 365 g/mol. The molecule has 2 aromatic carbocycles. The third-order valence-corrected chi connectivity index (χ3v) is 5.67. The van der Waals surface area contributed by atoms with Gasteiger partial charge in [0.2, 0.25) is 10.0 Å². The fourth-order valence-electron chi connectivity index (χ4n) is 3.30. The highest BCUT2D eigenvalue weighted by Crippen LogP contribution is 2.41. The number of nitrogens with zero attached hydrogens (tertiary/aromatic N) is 1. The van der Waals surface area contributed by atoms with Crippen molar-refractivity contribution in [3.05, 3.63) is 58.9 Å². The van der Waals surface area contributed by atoms with Crippen molar-refractivity contribution in [3.8, 4) is 11.5 Å². The molecule has 0 fully saturated rings. The van der Waals surface area contributed by atoms with E-state index in [1.165, 1.54) is 29.8 Å². The van der Waals surface area contributed by atoms with Crippen LogP contribution in [0, 0.1) is 5.82 Å². The van der Waals surface area contributed by atoms with Crippen LogP contribution in [0.3, 0.4) is 0 Å². The summed E-state index contributed by atoms with van der Waals surface area (Å²) in [5.41, 5.74) is 2.32. The van der Waals surface area contributed by atoms with Gasteiger partial charge in [-0.25, -0.2) is 12.8 Å². The van der Waals surface area contributed by atoms with Crippen molar-refractivity contribution in [2.24, 2.45) is 0 Å². The number of halogens is 1. The summed E-state index contributed by atoms with van der Waals surface area (Å²) in [5, 5.41) is 0. The van der Waals surface area contributed by atoms with E-state index in [0.29, 0.717) is 30.0 Å². The van der Waals surface area contributed by atoms with Crippen LogP contribution < -0.4 is 9.47 Å². The summed E-state index contributed by atoms with van der Waals surface area (Å²) >= 11 is 0. The van der Waals surface area contributed by atoms with E-state index < -0.39 is 21.9 Å². The van der Waals surface area contributed by atoms with Crippen molar-refractivity contribution in [1.29, 1.82) is 0 Å². The van der Waals surface area contributed by atoms with Crippen LogP contribution in [0.2, 0.25) is 0 Å². The summed E-state index contributed by atoms with van der Waals surface area (Å²) in [6.07, 6.45) is 1.72. The maximum atomic E-state index is 13.8. The first-order valence-corrected chi connectivity index (χ1v) is 9.67. The quantitative estimate of drug-likeness (QED) is 0.836. The van der Waals surface area contributed by atoms with Gasteiger partial charge in [0.05, 0.1) is 26.5 Å². The van der Waals surface area contributed by atoms with Gasteiger partial charge in [-0.05, 0) is 47.4 Å². The standard InChI is InChI=1S/C18H20FNO4S/c1-23-16-10-12-7-8-20(25(3,21)22)18(15(12)11-17(16)24-2)13-5-4-6-14(19)9-13/h4-6,9-11,18H,7-8H2,1-3H3. The Balaban J connectivity index is 2.23. The largest absolute Gasteiger partial charge is 0.493 e. The zero-order valence-corrected chi connectivity index (χ0v) is 15.1. The van der Waals surface area contributed by atoms with E-state index in [2.05, 4.69) is 0 Å². The van der Waals surface area contributed by atoms with Crippen molar-refractivity contribution in [2.45, 2.75) is 12.5 Å². The summed E-state index contributed by atoms with van der Waals surface area (Å²) in [5.74, 6) is 0.698. The molecule has 0 saturated heterocycles. The predicted molar refractivity (Wildman–Crippen MR) is 93.0 cm³/mol. The summed E-state index contributed by atoms with van der Waals surface area (Å²) in [6, 6.07) is 9.06. The molecule has 1 aliphatic heterocycles. The molecule has 3 rings (SSSR count). The van der Waals surface area contributed by atoms with Crippen LogP contribution in [-0.4, -0.2) is 39.7 Å². The molecule has 0 aliphatic carbocycles. The summed E-state index contributed by atoms with van der Waals surface area (Å²) in [7, 11) is -0.393. The van der Waals surface area contributed by atoms with E-state index in [1.807, 2.05) is 6.07 Å². The van der Waals surface area contributed by atoms with Gasteiger partial charge in [-0.15, -0.1) is 0 Å². The molecule has 2 aromatic rings. The van der Waals surface area contributed by atoms with Gasteiger partial charge in [-0.1, -0.05) is 12.1 Å². The first-order chi connectivity index (χ1) is 11.8. The van der Waals surface area contributed by atoms with E-state index in [-0.39, 0.29) is 0 Å². The molecule has 134 valence electrons. The van der Waals surface area contributed by atoms with E-state index in [9.17, 15) is 12.8 Å². The molecule has 7 heteroatoms. The molecule has 1 atom stereocenters. The number of sulfonamides is 1. The number of methoxy groups -OCH3 is 2. The number of benzene rings is 2. The van der Waals surface area contributed by atoms with Crippen molar-refractivity contribution < 1.29 is 22.3 Å². The highest BCUT2D eigenvalue weighted by molar-refractivity contribution is 7.88. The van der Waals surface area contributed by atoms with Gasteiger partial charge in [-0.2, -0.15) is 4.31 Å². The van der Waals surface area contributed by atoms with Gasteiger partial charge in [0.15, 0.2) is 11.5 Å². The molecule has 0 spiro atoms. The molecule has 0 saturated carbocycles. The fourth-order valence-corrected chi connectivity index (χ4v) is 4.34. The SMILES string of the molecule is COc1cc2c(cc1OC)C(c1cccc(F)c1)N(S(C)(=O)=O)CC2. The van der Waals surface area contributed by atoms with Gasteiger partial charge >= 0.3 is 0 Å². The number of fused-ring (bicyclic) bond motifs is 1. The minimum Gasteiger partial charge on any atom is -0.493 e. The molecule has 0 bridgehead atoms. The van der Waals surface area contributed by atoms with Crippen molar-refractivity contribution in [2.75, 3.05) is 27.0 Å². The Morgan fingerprint density at radius 1 is 1.12 bits per heavy atom. The maximum Gasteiger partial charge on any atom is 0.212 e. The lowest BCUT2D eigenvalue weighted by Gasteiger charge is -2.36. The molecular weight excluding hydrogens is 345 g/mol. The molecule has 1 unspecified atom stereocenters. The molecular formula is C18H20FNO4S. The smallest absolute Gasteiger partial charge is 0.212 e. The lowest BCUT2D eigenvalue weighted by atomic mass is 9.89. The molecule has 0 aromatic heterocycles. The van der Waals surface area contributed by atoms with E-state index in [0.717, 1.165) is 11.1 Å². The van der Waals surface area contributed by atoms with Crippen molar-refractivity contribution >= 4 is 10.0 Å². The van der Waals surface area contributed by atoms with Crippen LogP contribution in [0.4, 0.5) is 4.39 Å². The van der Waals surface area contributed by atoms with E-state index >= 15 is 0 Å². The highest BCUT2D eigenvalue weighted by Gasteiger charge is 2.35. The normalized spacial score (nSPS) is 17.8. The molecule has 0 amide bonds. The first-order valence-electron chi connectivity index (χ1n) is 7.82. The van der Waals surface area contributed by atoms with Crippen LogP contribution in [0.15, 0.2) is 36.4 Å². The average Bonchev–Trinajstić information content (AvgIpc) is 2.58. The zero-order valence-electron chi connectivity index (χ0n) is 14.3. The number of rotatable bonds is 4. The summed E-state index contributed by atoms with van der Waals surface area (Å²) < 4.78 is 50.5. The third-order valence-electron chi connectivity index (χ3n) is 4.42. The van der Waals surface area contributed by atoms with Gasteiger partial charge in [0.25, 0.3) is 0 Å². The Morgan fingerprint density at radius 2 is 1.80 bits per heavy atom. The third kappa shape index (κ3) is 3.34. The average molecular weight is 365 g/mol. The number of ether oxygens (including phenoxy) is 2. The molecule has 1 heterocycles. The first kappa shape index (κ1) is 17.7. The van der Waals surface area contributed by atoms with Gasteiger partial charge in [0.1, 0.15) is 5.82 Å². The molecule has 25 heavy (non-hydrogen) atoms. The van der Waals surface area contributed by atoms with Crippen LogP contribution in [0.25, 0.3) is 0 Å². The van der Waals surface area contributed by atoms with E-state index in [1.54, 1.807) is 25.3 Å². The van der Waals surface area contributed by atoms with E-state index in [4.69, 9.17) is 9.47 Å². The highest BCUT2D eigenvalue weighted by atomic mass is 32.2. The Labute approximate surface area is 147 Å². The second-order valence-corrected chi connectivity index (χ2v) is 7.92. The minimum absolute atomic E-state index is 0.322. The van der Waals surface area contributed by atoms with Gasteiger partial charge < -0.3 is 9.47 Å². The second-order valence-electron chi connectivity index (χ2n) is 5.99. The molecule has 0 radical (unpaired) electrons. The second kappa shape index (κ2) is 6.65. The van der Waals surface area contributed by atoms with Crippen LogP contribution in [0.5, 0.6) is 11.5 Å². The number of hydrogen-bond acceptors (Lipinski definition) is 4. The van der Waals surface area contributed by atoms with Crippen molar-refractivity contribution in [3.63, 3.8) is 0 Å². The molecule has 0 N–H and O–H groups in total. The predicted octanol–water partition coefficient (Wildman–Crippen LogP) is 2.75. The van der Waals surface area contributed by atoms with Crippen LogP contribution in [0.1, 0.15) is 22.7 Å². The van der Waals surface area contributed by atoms with Gasteiger partial charge in [0, 0.05) is 6.54 Å². The Bertz CT molecular complexity index is 898. The summed E-state index contributed by atoms with van der Waals surface area (Å²) in [6.45, 7) is 0.322. The van der Waals surface area contributed by atoms with Gasteiger partial charge in [-0.3, -0.25) is 0 Å². The topological polar surface area (TPSA) is 55.8 Å². The lowest BCUT2D eigenvalue weighted by Crippen LogP contribution is -2.40. The fraction of sp³-hybridized carbons (Fsp3) is 0.333. The zero-order chi connectivity index (χ0) is 18.2. The van der Waals surface area contributed by atoms with Crippen molar-refractivity contribution in [1.82, 2.24) is 4.31 Å². The Hall–Kier alpha value is -2.12. The Kier molecular flexibility index (Phi) is 4.71. The minimum atomic E-state index is -3.48. The summed E-state index contributed by atoms with van der Waals surface area (Å²) in [4.78, 5) is 0. The Morgan fingerprint density at radius 3 is 2.40 bits per heavy atom. The number of hydrogen-bond donors (Lipinski definition) is 0. The van der Waals surface area contributed by atoms with Crippen LogP contribution in [-0.2, 0) is 16.4 Å². The lowest BCUT2D eigenvalue weighted by molar-refractivity contribution is 0.333. The maximum absolute atomic E-state index is 13.8. The van der Waals surface area contributed by atoms with Crippen LogP contribution >= 0.6 is 0 Å².